The molecule has 0 aliphatic rings. The quantitative estimate of drug-likeness (QED) is 0.787. The molecule has 0 radical (unpaired) electrons. The van der Waals surface area contributed by atoms with Crippen molar-refractivity contribution in [3.8, 4) is 11.5 Å². The van der Waals surface area contributed by atoms with Crippen molar-refractivity contribution in [1.82, 2.24) is 10.1 Å². The topological polar surface area (TPSA) is 51.0 Å². The summed E-state index contributed by atoms with van der Waals surface area (Å²) in [7, 11) is 0. The van der Waals surface area contributed by atoms with Gasteiger partial charge >= 0.3 is 0 Å². The van der Waals surface area contributed by atoms with E-state index in [1.807, 2.05) is 30.3 Å². The monoisotopic (exact) mass is 303 g/mol. The van der Waals surface area contributed by atoms with Crippen LogP contribution in [0.3, 0.4) is 0 Å². The Morgan fingerprint density at radius 2 is 1.95 bits per heavy atom. The van der Waals surface area contributed by atoms with Gasteiger partial charge in [0.25, 0.3) is 5.89 Å². The van der Waals surface area contributed by atoms with Gasteiger partial charge in [-0.15, -0.1) is 0 Å². The van der Waals surface area contributed by atoms with E-state index in [4.69, 9.17) is 16.1 Å². The molecule has 0 amide bonds. The fourth-order valence-corrected chi connectivity index (χ4v) is 1.99. The largest absolute Gasteiger partial charge is 0.378 e. The highest BCUT2D eigenvalue weighted by Crippen LogP contribution is 2.20. The van der Waals surface area contributed by atoms with Crippen molar-refractivity contribution in [2.45, 2.75) is 6.54 Å². The van der Waals surface area contributed by atoms with Crippen molar-refractivity contribution in [1.29, 1.82) is 0 Å². The lowest BCUT2D eigenvalue weighted by molar-refractivity contribution is 0.423. The first-order chi connectivity index (χ1) is 10.2. The van der Waals surface area contributed by atoms with Gasteiger partial charge in [-0.2, -0.15) is 4.98 Å². The minimum absolute atomic E-state index is 0.0677. The number of hydrogen-bond donors (Lipinski definition) is 1. The predicted molar refractivity (Wildman–Crippen MR) is 78.5 cm³/mol. The van der Waals surface area contributed by atoms with Crippen LogP contribution in [0.1, 0.15) is 5.82 Å². The minimum atomic E-state index is -0.451. The number of aromatic nitrogens is 2. The summed E-state index contributed by atoms with van der Waals surface area (Å²) < 4.78 is 18.2. The summed E-state index contributed by atoms with van der Waals surface area (Å²) in [4.78, 5) is 4.29. The second-order valence-corrected chi connectivity index (χ2v) is 4.77. The van der Waals surface area contributed by atoms with Crippen LogP contribution in [-0.4, -0.2) is 10.1 Å². The molecular formula is C15H11ClFN3O. The predicted octanol–water partition coefficient (Wildman–Crippen LogP) is 4.14. The van der Waals surface area contributed by atoms with Gasteiger partial charge in [0.2, 0.25) is 0 Å². The fourth-order valence-electron chi connectivity index (χ4n) is 1.81. The summed E-state index contributed by atoms with van der Waals surface area (Å²) in [6.45, 7) is 0.359. The first kappa shape index (κ1) is 13.6. The zero-order chi connectivity index (χ0) is 14.7. The molecule has 106 valence electrons. The number of benzene rings is 2. The van der Waals surface area contributed by atoms with Gasteiger partial charge < -0.3 is 9.84 Å². The van der Waals surface area contributed by atoms with Crippen molar-refractivity contribution >= 4 is 17.3 Å². The molecule has 0 unspecified atom stereocenters. The summed E-state index contributed by atoms with van der Waals surface area (Å²) in [5.74, 6) is 0.520. The molecule has 1 heterocycles. The highest BCUT2D eigenvalue weighted by molar-refractivity contribution is 6.31. The van der Waals surface area contributed by atoms with Gasteiger partial charge in [-0.25, -0.2) is 4.39 Å². The standard InChI is InChI=1S/C15H11ClFN3O/c16-12-8-11(6-7-13(12)17)18-9-14-19-15(21-20-14)10-4-2-1-3-5-10/h1-8,18H,9H2. The summed E-state index contributed by atoms with van der Waals surface area (Å²) >= 11 is 5.71. The van der Waals surface area contributed by atoms with Gasteiger partial charge in [0.1, 0.15) is 5.82 Å². The van der Waals surface area contributed by atoms with Gasteiger partial charge in [-0.1, -0.05) is 35.0 Å². The lowest BCUT2D eigenvalue weighted by Crippen LogP contribution is -2.01. The molecule has 0 saturated heterocycles. The summed E-state index contributed by atoms with van der Waals surface area (Å²) in [5.41, 5.74) is 1.55. The van der Waals surface area contributed by atoms with Gasteiger partial charge in [-0.3, -0.25) is 0 Å². The Morgan fingerprint density at radius 3 is 2.71 bits per heavy atom. The van der Waals surface area contributed by atoms with Crippen LogP contribution < -0.4 is 5.32 Å². The molecule has 3 aromatic rings. The van der Waals surface area contributed by atoms with E-state index in [1.54, 1.807) is 6.07 Å². The van der Waals surface area contributed by atoms with Crippen molar-refractivity contribution in [3.05, 3.63) is 65.2 Å². The van der Waals surface area contributed by atoms with E-state index < -0.39 is 5.82 Å². The van der Waals surface area contributed by atoms with Crippen LogP contribution in [0.4, 0.5) is 10.1 Å². The minimum Gasteiger partial charge on any atom is -0.378 e. The van der Waals surface area contributed by atoms with Crippen molar-refractivity contribution in [2.75, 3.05) is 5.32 Å². The van der Waals surface area contributed by atoms with E-state index in [2.05, 4.69) is 15.5 Å². The Bertz CT molecular complexity index is 746. The molecule has 1 aromatic heterocycles. The van der Waals surface area contributed by atoms with Crippen LogP contribution in [0, 0.1) is 5.82 Å². The lowest BCUT2D eigenvalue weighted by atomic mass is 10.2. The molecule has 1 N–H and O–H groups in total. The van der Waals surface area contributed by atoms with Gasteiger partial charge in [-0.05, 0) is 30.3 Å². The Hall–Kier alpha value is -2.40. The van der Waals surface area contributed by atoms with Crippen LogP contribution in [0.15, 0.2) is 53.1 Å². The number of hydrogen-bond acceptors (Lipinski definition) is 4. The Morgan fingerprint density at radius 1 is 1.14 bits per heavy atom. The average Bonchev–Trinajstić information content (AvgIpc) is 2.98. The maximum atomic E-state index is 13.1. The van der Waals surface area contributed by atoms with Crippen LogP contribution in [0.25, 0.3) is 11.5 Å². The molecule has 0 aliphatic carbocycles. The summed E-state index contributed by atoms with van der Waals surface area (Å²) in [6, 6.07) is 13.9. The maximum Gasteiger partial charge on any atom is 0.257 e. The molecule has 0 fully saturated rings. The Balaban J connectivity index is 1.69. The van der Waals surface area contributed by atoms with E-state index >= 15 is 0 Å². The first-order valence-electron chi connectivity index (χ1n) is 6.29. The summed E-state index contributed by atoms with van der Waals surface area (Å²) in [5, 5.41) is 7.02. The molecule has 3 rings (SSSR count). The van der Waals surface area contributed by atoms with Crippen LogP contribution in [-0.2, 0) is 6.54 Å². The molecule has 0 atom stereocenters. The van der Waals surface area contributed by atoms with Crippen LogP contribution >= 0.6 is 11.6 Å². The third-order valence-corrected chi connectivity index (χ3v) is 3.15. The molecule has 0 aliphatic heterocycles. The van der Waals surface area contributed by atoms with E-state index in [0.717, 1.165) is 5.56 Å². The zero-order valence-corrected chi connectivity index (χ0v) is 11.6. The molecular weight excluding hydrogens is 293 g/mol. The average molecular weight is 304 g/mol. The molecule has 0 saturated carbocycles. The normalized spacial score (nSPS) is 10.6. The third-order valence-electron chi connectivity index (χ3n) is 2.86. The number of halogens is 2. The fraction of sp³-hybridized carbons (Fsp3) is 0.0667. The zero-order valence-electron chi connectivity index (χ0n) is 10.9. The van der Waals surface area contributed by atoms with Crippen molar-refractivity contribution in [2.24, 2.45) is 0 Å². The van der Waals surface area contributed by atoms with E-state index in [0.29, 0.717) is 23.9 Å². The molecule has 6 heteroatoms. The van der Waals surface area contributed by atoms with Gasteiger partial charge in [0.05, 0.1) is 11.6 Å². The third kappa shape index (κ3) is 3.20. The first-order valence-corrected chi connectivity index (χ1v) is 6.67. The second kappa shape index (κ2) is 5.93. The second-order valence-electron chi connectivity index (χ2n) is 4.36. The number of anilines is 1. The Labute approximate surface area is 125 Å². The van der Waals surface area contributed by atoms with E-state index in [9.17, 15) is 4.39 Å². The Kier molecular flexibility index (Phi) is 3.83. The van der Waals surface area contributed by atoms with Gasteiger partial charge in [0, 0.05) is 11.3 Å². The van der Waals surface area contributed by atoms with E-state index in [-0.39, 0.29) is 5.02 Å². The number of nitrogens with one attached hydrogen (secondary N) is 1. The molecule has 2 aromatic carbocycles. The number of rotatable bonds is 4. The van der Waals surface area contributed by atoms with Crippen LogP contribution in [0.2, 0.25) is 5.02 Å². The summed E-state index contributed by atoms with van der Waals surface area (Å²) in [6.07, 6.45) is 0. The number of nitrogens with zero attached hydrogens (tertiary/aromatic N) is 2. The lowest BCUT2D eigenvalue weighted by Gasteiger charge is -2.03. The molecule has 21 heavy (non-hydrogen) atoms. The smallest absolute Gasteiger partial charge is 0.257 e. The highest BCUT2D eigenvalue weighted by Gasteiger charge is 2.08. The molecule has 0 spiro atoms. The highest BCUT2D eigenvalue weighted by atomic mass is 35.5. The SMILES string of the molecule is Fc1ccc(NCc2noc(-c3ccccc3)n2)cc1Cl. The van der Waals surface area contributed by atoms with Gasteiger partial charge in [0.15, 0.2) is 5.82 Å². The molecule has 4 nitrogen and oxygen atoms in total. The van der Waals surface area contributed by atoms with Crippen LogP contribution in [0.5, 0.6) is 0 Å². The molecule has 0 bridgehead atoms. The van der Waals surface area contributed by atoms with E-state index in [1.165, 1.54) is 12.1 Å². The van der Waals surface area contributed by atoms with Crippen molar-refractivity contribution in [3.63, 3.8) is 0 Å². The maximum absolute atomic E-state index is 13.1. The van der Waals surface area contributed by atoms with Crippen molar-refractivity contribution < 1.29 is 8.91 Å².